The van der Waals surface area contributed by atoms with Crippen LogP contribution in [-0.2, 0) is 0 Å². The molecule has 74 valence electrons. The van der Waals surface area contributed by atoms with Crippen molar-refractivity contribution in [2.24, 2.45) is 0 Å². The lowest BCUT2D eigenvalue weighted by Crippen LogP contribution is -2.16. The lowest BCUT2D eigenvalue weighted by molar-refractivity contribution is 0.726. The van der Waals surface area contributed by atoms with Gasteiger partial charge in [-0.05, 0) is 32.1 Å². The summed E-state index contributed by atoms with van der Waals surface area (Å²) in [7, 11) is 2.01. The normalized spacial score (nSPS) is 13.0. The van der Waals surface area contributed by atoms with Gasteiger partial charge in [0.25, 0.3) is 0 Å². The maximum absolute atomic E-state index is 3.77. The lowest BCUT2D eigenvalue weighted by atomic mass is 10.1. The molecule has 0 bridgehead atoms. The highest BCUT2D eigenvalue weighted by Crippen LogP contribution is 2.11. The van der Waals surface area contributed by atoms with Gasteiger partial charge < -0.3 is 4.81 Å². The zero-order valence-electron chi connectivity index (χ0n) is 9.33. The first-order chi connectivity index (χ1) is 6.71. The highest BCUT2D eigenvalue weighted by atomic mass is 15.0. The van der Waals surface area contributed by atoms with Gasteiger partial charge >= 0.3 is 0 Å². The first kappa shape index (κ1) is 12.6. The second-order valence-corrected chi connectivity index (χ2v) is 2.80. The van der Waals surface area contributed by atoms with Crippen LogP contribution in [0.25, 0.3) is 0 Å². The summed E-state index contributed by atoms with van der Waals surface area (Å²) in [6.45, 7) is 11.5. The van der Waals surface area contributed by atoms with Gasteiger partial charge in [-0.2, -0.15) is 0 Å². The van der Waals surface area contributed by atoms with Crippen LogP contribution in [0.3, 0.4) is 0 Å². The third-order valence-corrected chi connectivity index (χ3v) is 1.91. The van der Waals surface area contributed by atoms with Gasteiger partial charge in [-0.15, -0.1) is 0 Å². The van der Waals surface area contributed by atoms with E-state index in [9.17, 15) is 0 Å². The zero-order chi connectivity index (χ0) is 11.0. The fourth-order valence-corrected chi connectivity index (χ4v) is 1.16. The van der Waals surface area contributed by atoms with Crippen molar-refractivity contribution >= 4 is 7.98 Å². The van der Waals surface area contributed by atoms with E-state index >= 15 is 0 Å². The Hall–Kier alpha value is -1.44. The molecule has 0 aliphatic heterocycles. The first-order valence-corrected chi connectivity index (χ1v) is 4.69. The molecule has 0 rings (SSSR count). The molecule has 0 aromatic rings. The van der Waals surface area contributed by atoms with Gasteiger partial charge in [0, 0.05) is 11.4 Å². The van der Waals surface area contributed by atoms with E-state index in [1.807, 2.05) is 40.1 Å². The summed E-state index contributed by atoms with van der Waals surface area (Å²) in [5.41, 5.74) is 2.17. The molecule has 0 atom stereocenters. The highest BCUT2D eigenvalue weighted by Gasteiger charge is 2.01. The van der Waals surface area contributed by atoms with Crippen molar-refractivity contribution in [1.29, 1.82) is 0 Å². The van der Waals surface area contributed by atoms with Crippen molar-refractivity contribution in [3.8, 4) is 0 Å². The average molecular weight is 187 g/mol. The molecule has 0 amide bonds. The van der Waals surface area contributed by atoms with E-state index in [-0.39, 0.29) is 0 Å². The molecule has 0 aromatic heterocycles. The minimum absolute atomic E-state index is 1.03. The summed E-state index contributed by atoms with van der Waals surface area (Å²) in [6, 6.07) is 0. The van der Waals surface area contributed by atoms with Gasteiger partial charge in [-0.3, -0.25) is 0 Å². The molecule has 0 radical (unpaired) electrons. The summed E-state index contributed by atoms with van der Waals surface area (Å²) in [4.78, 5) is 2.06. The number of allylic oxidation sites excluding steroid dienone is 6. The Morgan fingerprint density at radius 1 is 1.21 bits per heavy atom. The summed E-state index contributed by atoms with van der Waals surface area (Å²) >= 11 is 0. The second-order valence-electron chi connectivity index (χ2n) is 2.80. The van der Waals surface area contributed by atoms with Crippen molar-refractivity contribution in [3.63, 3.8) is 0 Å². The monoisotopic (exact) mass is 187 g/mol. The Bertz CT molecular complexity index is 285. The number of nitrogens with zero attached hydrogens (tertiary/aromatic N) is 1. The van der Waals surface area contributed by atoms with E-state index in [1.54, 1.807) is 6.08 Å². The van der Waals surface area contributed by atoms with Crippen molar-refractivity contribution in [1.82, 2.24) is 4.81 Å². The quantitative estimate of drug-likeness (QED) is 0.472. The molecule has 0 aliphatic carbocycles. The van der Waals surface area contributed by atoms with E-state index in [4.69, 9.17) is 0 Å². The summed E-state index contributed by atoms with van der Waals surface area (Å²) in [6.07, 6.45) is 11.6. The Morgan fingerprint density at radius 3 is 2.21 bits per heavy atom. The zero-order valence-corrected chi connectivity index (χ0v) is 9.33. The standard InChI is InChI=1S/C12H18BN/c1-5-9-11(7-3)14(13)12(8-4)10-6-2/h5-10H,1,3,13H2,2,4H3/b10-6-,11-9+,12-8+. The minimum Gasteiger partial charge on any atom is -0.394 e. The second kappa shape index (κ2) is 7.02. The van der Waals surface area contributed by atoms with Crippen LogP contribution in [0.5, 0.6) is 0 Å². The van der Waals surface area contributed by atoms with E-state index in [1.165, 1.54) is 0 Å². The smallest absolute Gasteiger partial charge is 0.223 e. The largest absolute Gasteiger partial charge is 0.394 e. The maximum atomic E-state index is 3.77. The fraction of sp³-hybridized carbons (Fsp3) is 0.167. The average Bonchev–Trinajstić information content (AvgIpc) is 2.21. The van der Waals surface area contributed by atoms with Crippen LogP contribution in [0.4, 0.5) is 0 Å². The van der Waals surface area contributed by atoms with Crippen LogP contribution in [0, 0.1) is 0 Å². The van der Waals surface area contributed by atoms with Crippen LogP contribution in [0.1, 0.15) is 13.8 Å². The van der Waals surface area contributed by atoms with Crippen molar-refractivity contribution in [2.75, 3.05) is 0 Å². The fourth-order valence-electron chi connectivity index (χ4n) is 1.16. The van der Waals surface area contributed by atoms with Crippen LogP contribution < -0.4 is 0 Å². The predicted molar refractivity (Wildman–Crippen MR) is 67.4 cm³/mol. The molecule has 0 aromatic carbocycles. The third-order valence-electron chi connectivity index (χ3n) is 1.91. The van der Waals surface area contributed by atoms with Gasteiger partial charge in [-0.25, -0.2) is 0 Å². The van der Waals surface area contributed by atoms with E-state index in [0.29, 0.717) is 0 Å². The predicted octanol–water partition coefficient (Wildman–Crippen LogP) is 2.57. The number of hydrogen-bond acceptors (Lipinski definition) is 1. The van der Waals surface area contributed by atoms with Gasteiger partial charge in [0.2, 0.25) is 7.98 Å². The SMILES string of the molecule is BN(/C(C=C)=C/C=C)C(/C=C\C)=C/C. The minimum atomic E-state index is 1.03. The molecule has 0 spiro atoms. The van der Waals surface area contributed by atoms with Gasteiger partial charge in [0.05, 0.1) is 0 Å². The van der Waals surface area contributed by atoms with Gasteiger partial charge in [0.1, 0.15) is 0 Å². The van der Waals surface area contributed by atoms with Crippen LogP contribution >= 0.6 is 0 Å². The Balaban J connectivity index is 4.89. The molecule has 2 heteroatoms. The van der Waals surface area contributed by atoms with Gasteiger partial charge in [0.15, 0.2) is 0 Å². The van der Waals surface area contributed by atoms with Crippen molar-refractivity contribution in [2.45, 2.75) is 13.8 Å². The number of rotatable bonds is 5. The maximum Gasteiger partial charge on any atom is 0.223 e. The number of hydrogen-bond donors (Lipinski definition) is 0. The molecule has 0 saturated carbocycles. The third kappa shape index (κ3) is 3.52. The van der Waals surface area contributed by atoms with E-state index in [0.717, 1.165) is 11.4 Å². The topological polar surface area (TPSA) is 3.24 Å². The van der Waals surface area contributed by atoms with E-state index < -0.39 is 0 Å². The molecule has 0 saturated heterocycles. The van der Waals surface area contributed by atoms with Crippen LogP contribution in [0.2, 0.25) is 0 Å². The highest BCUT2D eigenvalue weighted by molar-refractivity contribution is 6.07. The molecule has 0 fully saturated rings. The first-order valence-electron chi connectivity index (χ1n) is 4.69. The molecule has 0 unspecified atom stereocenters. The summed E-state index contributed by atoms with van der Waals surface area (Å²) in [5, 5.41) is 0. The Kier molecular flexibility index (Phi) is 6.30. The molecular weight excluding hydrogens is 169 g/mol. The summed E-state index contributed by atoms with van der Waals surface area (Å²) in [5.74, 6) is 0. The van der Waals surface area contributed by atoms with Crippen molar-refractivity contribution in [3.05, 3.63) is 61.0 Å². The van der Waals surface area contributed by atoms with Crippen LogP contribution in [-0.4, -0.2) is 12.8 Å². The molecule has 14 heavy (non-hydrogen) atoms. The van der Waals surface area contributed by atoms with Gasteiger partial charge in [-0.1, -0.05) is 31.4 Å². The lowest BCUT2D eigenvalue weighted by Gasteiger charge is -2.21. The summed E-state index contributed by atoms with van der Waals surface area (Å²) < 4.78 is 0. The van der Waals surface area contributed by atoms with E-state index in [2.05, 4.69) is 30.1 Å². The molecule has 0 heterocycles. The molecule has 1 nitrogen and oxygen atoms in total. The Morgan fingerprint density at radius 2 is 1.86 bits per heavy atom. The molecular formula is C12H18BN. The molecule has 0 N–H and O–H groups in total. The van der Waals surface area contributed by atoms with Crippen molar-refractivity contribution < 1.29 is 0 Å². The molecule has 0 aliphatic rings. The Labute approximate surface area is 88.2 Å². The van der Waals surface area contributed by atoms with Crippen LogP contribution in [0.15, 0.2) is 61.0 Å².